The van der Waals surface area contributed by atoms with E-state index < -0.39 is 10.0 Å². The molecule has 0 saturated heterocycles. The molecule has 1 atom stereocenters. The number of hydrogen-bond acceptors (Lipinski definition) is 4. The number of amides is 1. The van der Waals surface area contributed by atoms with Crippen LogP contribution in [0.15, 0.2) is 53.4 Å². The van der Waals surface area contributed by atoms with E-state index in [1.807, 2.05) is 6.92 Å². The minimum atomic E-state index is -3.77. The zero-order chi connectivity index (χ0) is 22.3. The fraction of sp³-hybridized carbons (Fsp3) is 0.273. The topological polar surface area (TPSA) is 98.3 Å². The van der Waals surface area contributed by atoms with Crippen LogP contribution < -0.4 is 5.14 Å². The van der Waals surface area contributed by atoms with Gasteiger partial charge in [-0.1, -0.05) is 12.1 Å². The van der Waals surface area contributed by atoms with Crippen LogP contribution in [0.5, 0.6) is 0 Å². The van der Waals surface area contributed by atoms with E-state index in [1.165, 1.54) is 24.3 Å². The van der Waals surface area contributed by atoms with Crippen LogP contribution in [0.25, 0.3) is 5.69 Å². The summed E-state index contributed by atoms with van der Waals surface area (Å²) in [6.45, 7) is 1.86. The zero-order valence-electron chi connectivity index (χ0n) is 17.2. The van der Waals surface area contributed by atoms with Gasteiger partial charge in [-0.3, -0.25) is 4.79 Å². The molecule has 1 aliphatic carbocycles. The van der Waals surface area contributed by atoms with Gasteiger partial charge < -0.3 is 4.90 Å². The third kappa shape index (κ3) is 3.98. The molecule has 0 radical (unpaired) electrons. The minimum Gasteiger partial charge on any atom is -0.334 e. The molecule has 2 aromatic carbocycles. The Morgan fingerprint density at radius 3 is 2.39 bits per heavy atom. The number of nitrogens with two attached hydrogens (primary N) is 1. The van der Waals surface area contributed by atoms with E-state index in [0.29, 0.717) is 11.4 Å². The third-order valence-corrected chi connectivity index (χ3v) is 6.73. The first kappa shape index (κ1) is 21.2. The Kier molecular flexibility index (Phi) is 5.40. The largest absolute Gasteiger partial charge is 0.334 e. The number of nitrogens with zero attached hydrogens (tertiary/aromatic N) is 3. The molecule has 3 aromatic rings. The maximum Gasteiger partial charge on any atom is 0.274 e. The van der Waals surface area contributed by atoms with Gasteiger partial charge in [-0.05, 0) is 68.1 Å². The smallest absolute Gasteiger partial charge is 0.274 e. The second-order valence-corrected chi connectivity index (χ2v) is 9.28. The molecular weight excluding hydrogens is 419 g/mol. The molecule has 1 unspecified atom stereocenters. The number of primary sulfonamides is 1. The summed E-state index contributed by atoms with van der Waals surface area (Å²) in [7, 11) is -2.08. The van der Waals surface area contributed by atoms with Gasteiger partial charge >= 0.3 is 0 Å². The average molecular weight is 443 g/mol. The zero-order valence-corrected chi connectivity index (χ0v) is 18.1. The highest BCUT2D eigenvalue weighted by molar-refractivity contribution is 7.89. The number of benzene rings is 2. The molecular formula is C22H23FN4O3S. The number of hydrogen-bond donors (Lipinski definition) is 1. The van der Waals surface area contributed by atoms with Gasteiger partial charge in [0.1, 0.15) is 5.82 Å². The fourth-order valence-electron chi connectivity index (χ4n) is 3.91. The van der Waals surface area contributed by atoms with Gasteiger partial charge in [0.25, 0.3) is 5.91 Å². The Morgan fingerprint density at radius 1 is 1.13 bits per heavy atom. The van der Waals surface area contributed by atoms with Crippen LogP contribution in [-0.4, -0.2) is 36.1 Å². The fourth-order valence-corrected chi connectivity index (χ4v) is 4.42. The number of rotatable bonds is 5. The summed E-state index contributed by atoms with van der Waals surface area (Å²) in [5.41, 5.74) is 3.80. The lowest BCUT2D eigenvalue weighted by Gasteiger charge is -2.25. The standard InChI is InChI=1S/C22H23FN4O3S/c1-14(15-6-12-18(13-7-15)31(24,29)30)26(2)22(28)21-19-4-3-5-20(19)27(25-21)17-10-8-16(23)9-11-17/h6-14H,3-5H2,1-2H3,(H2,24,29,30). The monoisotopic (exact) mass is 442 g/mol. The number of halogens is 1. The van der Waals surface area contributed by atoms with Crippen molar-refractivity contribution in [3.63, 3.8) is 0 Å². The Balaban J connectivity index is 1.63. The van der Waals surface area contributed by atoms with Crippen molar-refractivity contribution >= 4 is 15.9 Å². The second-order valence-electron chi connectivity index (χ2n) is 7.72. The summed E-state index contributed by atoms with van der Waals surface area (Å²) in [5, 5.41) is 9.74. The van der Waals surface area contributed by atoms with E-state index in [1.54, 1.807) is 40.9 Å². The van der Waals surface area contributed by atoms with Gasteiger partial charge in [0.2, 0.25) is 10.0 Å². The highest BCUT2D eigenvalue weighted by Crippen LogP contribution is 2.30. The number of carbonyl (C=O) groups excluding carboxylic acids is 1. The van der Waals surface area contributed by atoms with Gasteiger partial charge in [-0.2, -0.15) is 5.10 Å². The molecule has 162 valence electrons. The van der Waals surface area contributed by atoms with Crippen molar-refractivity contribution in [1.82, 2.24) is 14.7 Å². The van der Waals surface area contributed by atoms with Crippen LogP contribution in [0.2, 0.25) is 0 Å². The van der Waals surface area contributed by atoms with Crippen LogP contribution in [0, 0.1) is 5.82 Å². The molecule has 0 saturated carbocycles. The molecule has 1 aliphatic rings. The normalized spacial score (nSPS) is 14.3. The quantitative estimate of drug-likeness (QED) is 0.657. The number of aromatic nitrogens is 2. The SMILES string of the molecule is CC(c1ccc(S(N)(=O)=O)cc1)N(C)C(=O)c1nn(-c2ccc(F)cc2)c2c1CCC2. The molecule has 2 N–H and O–H groups in total. The van der Waals surface area contributed by atoms with Gasteiger partial charge in [-0.25, -0.2) is 22.6 Å². The first-order valence-corrected chi connectivity index (χ1v) is 11.5. The highest BCUT2D eigenvalue weighted by Gasteiger charge is 2.30. The number of fused-ring (bicyclic) bond motifs is 1. The van der Waals surface area contributed by atoms with E-state index >= 15 is 0 Å². The van der Waals surface area contributed by atoms with Crippen molar-refractivity contribution < 1.29 is 17.6 Å². The Labute approximate surface area is 180 Å². The summed E-state index contributed by atoms with van der Waals surface area (Å²) in [5.74, 6) is -0.548. The summed E-state index contributed by atoms with van der Waals surface area (Å²) in [6, 6.07) is 11.9. The van der Waals surface area contributed by atoms with Crippen molar-refractivity contribution in [2.75, 3.05) is 7.05 Å². The van der Waals surface area contributed by atoms with E-state index in [9.17, 15) is 17.6 Å². The molecule has 0 fully saturated rings. The van der Waals surface area contributed by atoms with Crippen LogP contribution in [0.3, 0.4) is 0 Å². The lowest BCUT2D eigenvalue weighted by atomic mass is 10.1. The highest BCUT2D eigenvalue weighted by atomic mass is 32.2. The predicted octanol–water partition coefficient (Wildman–Crippen LogP) is 2.98. The van der Waals surface area contributed by atoms with Crippen molar-refractivity contribution in [2.45, 2.75) is 37.1 Å². The molecule has 0 bridgehead atoms. The number of carbonyl (C=O) groups is 1. The lowest BCUT2D eigenvalue weighted by Crippen LogP contribution is -2.30. The molecule has 1 heterocycles. The maximum absolute atomic E-state index is 13.3. The summed E-state index contributed by atoms with van der Waals surface area (Å²) >= 11 is 0. The van der Waals surface area contributed by atoms with Crippen LogP contribution >= 0.6 is 0 Å². The molecule has 1 amide bonds. The Bertz CT molecular complexity index is 1240. The summed E-state index contributed by atoms with van der Waals surface area (Å²) in [4.78, 5) is 14.9. The van der Waals surface area contributed by atoms with E-state index in [4.69, 9.17) is 5.14 Å². The third-order valence-electron chi connectivity index (χ3n) is 5.80. The first-order chi connectivity index (χ1) is 14.7. The van der Waals surface area contributed by atoms with Crippen LogP contribution in [-0.2, 0) is 22.9 Å². The summed E-state index contributed by atoms with van der Waals surface area (Å²) in [6.07, 6.45) is 2.51. The first-order valence-electron chi connectivity index (χ1n) is 9.93. The van der Waals surface area contributed by atoms with Gasteiger partial charge in [-0.15, -0.1) is 0 Å². The van der Waals surface area contributed by atoms with E-state index in [2.05, 4.69) is 5.10 Å². The van der Waals surface area contributed by atoms with Gasteiger partial charge in [0.05, 0.1) is 16.6 Å². The maximum atomic E-state index is 13.3. The van der Waals surface area contributed by atoms with Gasteiger partial charge in [0, 0.05) is 18.3 Å². The van der Waals surface area contributed by atoms with Crippen LogP contribution in [0.4, 0.5) is 4.39 Å². The van der Waals surface area contributed by atoms with Gasteiger partial charge in [0.15, 0.2) is 5.69 Å². The van der Waals surface area contributed by atoms with Crippen molar-refractivity contribution in [3.05, 3.63) is 76.9 Å². The van der Waals surface area contributed by atoms with Crippen molar-refractivity contribution in [3.8, 4) is 5.69 Å². The molecule has 9 heteroatoms. The van der Waals surface area contributed by atoms with Crippen molar-refractivity contribution in [2.24, 2.45) is 5.14 Å². The molecule has 1 aromatic heterocycles. The van der Waals surface area contributed by atoms with Crippen molar-refractivity contribution in [1.29, 1.82) is 0 Å². The molecule has 31 heavy (non-hydrogen) atoms. The molecule has 4 rings (SSSR count). The molecule has 0 aliphatic heterocycles. The molecule has 7 nitrogen and oxygen atoms in total. The van der Waals surface area contributed by atoms with Crippen LogP contribution in [0.1, 0.15) is 46.7 Å². The Morgan fingerprint density at radius 2 is 1.77 bits per heavy atom. The Hall–Kier alpha value is -3.04. The molecule has 0 spiro atoms. The van der Waals surface area contributed by atoms with E-state index in [0.717, 1.165) is 36.1 Å². The second kappa shape index (κ2) is 7.90. The summed E-state index contributed by atoms with van der Waals surface area (Å²) < 4.78 is 38.0. The average Bonchev–Trinajstić information content (AvgIpc) is 3.35. The minimum absolute atomic E-state index is 0.0216. The lowest BCUT2D eigenvalue weighted by molar-refractivity contribution is 0.0735. The van der Waals surface area contributed by atoms with E-state index in [-0.39, 0.29) is 22.7 Å². The predicted molar refractivity (Wildman–Crippen MR) is 114 cm³/mol. The number of sulfonamides is 1.